The number of hydrogen-bond acceptors (Lipinski definition) is 12. The number of nitrogen functional groups attached to an aromatic ring is 2. The molecule has 0 radical (unpaired) electrons. The second kappa shape index (κ2) is 19.7. The van der Waals surface area contributed by atoms with Crippen LogP contribution in [0.5, 0.6) is 0 Å². The van der Waals surface area contributed by atoms with Crippen molar-refractivity contribution >= 4 is 63.7 Å². The van der Waals surface area contributed by atoms with E-state index in [0.717, 1.165) is 46.4 Å². The lowest BCUT2D eigenvalue weighted by Crippen LogP contribution is -2.36. The number of nitrogens with two attached hydrogens (primary N) is 2. The van der Waals surface area contributed by atoms with E-state index in [9.17, 15) is 9.59 Å². The minimum absolute atomic E-state index is 0.210. The highest BCUT2D eigenvalue weighted by atomic mass is 79.9. The Hall–Kier alpha value is -5.06. The van der Waals surface area contributed by atoms with Crippen LogP contribution in [-0.2, 0) is 9.47 Å². The maximum atomic E-state index is 12.2. The maximum absolute atomic E-state index is 12.2. The molecule has 14 nitrogen and oxygen atoms in total. The molecule has 0 bridgehead atoms. The van der Waals surface area contributed by atoms with Gasteiger partial charge in [0.2, 0.25) is 0 Å². The lowest BCUT2D eigenvalue weighted by Gasteiger charge is -2.24. The molecule has 0 spiro atoms. The summed E-state index contributed by atoms with van der Waals surface area (Å²) in [6.45, 7) is 14.1. The number of halogens is 1. The highest BCUT2D eigenvalue weighted by molar-refractivity contribution is 9.10. The third kappa shape index (κ3) is 14.9. The normalized spacial score (nSPS) is 16.4. The van der Waals surface area contributed by atoms with Gasteiger partial charge in [-0.25, -0.2) is 19.6 Å². The van der Waals surface area contributed by atoms with Gasteiger partial charge >= 0.3 is 19.3 Å². The molecule has 2 aliphatic rings. The topological polar surface area (TPSA) is 201 Å². The number of pyridine rings is 2. The molecule has 8 N–H and O–H groups in total. The molecule has 16 heteroatoms. The van der Waals surface area contributed by atoms with Crippen LogP contribution in [0.15, 0.2) is 89.7 Å². The van der Waals surface area contributed by atoms with E-state index < -0.39 is 18.3 Å². The van der Waals surface area contributed by atoms with E-state index in [2.05, 4.69) is 42.6 Å². The SMILES string of the molecule is CC(C)(C)OC(=O)N1CCC(Nc2cccc(-c3ccc(N)nc3)c2)C1.CC(C)(C)OC(=O)N1CCC(Nc2cccc(Br)c2)C1.Nc1ccc(B(O)O)cn1. The summed E-state index contributed by atoms with van der Waals surface area (Å²) in [5.41, 5.74) is 14.5. The Morgan fingerprint density at radius 2 is 1.23 bits per heavy atom. The number of ether oxygens (including phenoxy) is 2. The third-order valence-electron chi connectivity index (χ3n) is 8.34. The van der Waals surface area contributed by atoms with Crippen molar-refractivity contribution in [3.63, 3.8) is 0 Å². The number of aromatic nitrogens is 2. The van der Waals surface area contributed by atoms with Crippen molar-refractivity contribution in [3.8, 4) is 11.1 Å². The number of rotatable bonds is 6. The Morgan fingerprint density at radius 1 is 0.732 bits per heavy atom. The Bertz CT molecular complexity index is 1870. The number of nitrogens with zero attached hydrogens (tertiary/aromatic N) is 4. The van der Waals surface area contributed by atoms with Gasteiger partial charge in [-0.1, -0.05) is 40.2 Å². The van der Waals surface area contributed by atoms with Crippen LogP contribution >= 0.6 is 15.9 Å². The molecule has 2 aromatic carbocycles. The first-order chi connectivity index (χ1) is 26.3. The van der Waals surface area contributed by atoms with Crippen molar-refractivity contribution < 1.29 is 29.1 Å². The fourth-order valence-corrected chi connectivity index (χ4v) is 6.12. The molecule has 2 fully saturated rings. The van der Waals surface area contributed by atoms with Gasteiger partial charge in [-0.3, -0.25) is 0 Å². The molecule has 56 heavy (non-hydrogen) atoms. The van der Waals surface area contributed by atoms with Gasteiger partial charge in [-0.15, -0.1) is 0 Å². The Kier molecular flexibility index (Phi) is 15.4. The molecule has 2 aromatic heterocycles. The summed E-state index contributed by atoms with van der Waals surface area (Å²) in [5.74, 6) is 0.876. The van der Waals surface area contributed by atoms with E-state index in [0.29, 0.717) is 36.7 Å². The molecular weight excluding hydrogens is 779 g/mol. The molecule has 2 amide bonds. The molecule has 2 unspecified atom stereocenters. The lowest BCUT2D eigenvalue weighted by atomic mass is 9.82. The molecule has 2 saturated heterocycles. The van der Waals surface area contributed by atoms with Gasteiger partial charge in [0.05, 0.1) is 0 Å². The summed E-state index contributed by atoms with van der Waals surface area (Å²) in [7, 11) is -1.46. The second-order valence-electron chi connectivity index (χ2n) is 15.6. The molecule has 0 saturated carbocycles. The molecule has 4 heterocycles. The van der Waals surface area contributed by atoms with Gasteiger partial charge in [-0.05, 0) is 108 Å². The number of nitrogens with one attached hydrogen (secondary N) is 2. The maximum Gasteiger partial charge on any atom is 0.490 e. The fraction of sp³-hybridized carbons (Fsp3) is 0.400. The van der Waals surface area contributed by atoms with Crippen LogP contribution in [0, 0.1) is 0 Å². The predicted molar refractivity (Wildman–Crippen MR) is 226 cm³/mol. The van der Waals surface area contributed by atoms with E-state index in [1.807, 2.05) is 90.1 Å². The second-order valence-corrected chi connectivity index (χ2v) is 16.5. The largest absolute Gasteiger partial charge is 0.490 e. The number of benzene rings is 2. The number of carbonyl (C=O) groups is 2. The molecule has 300 valence electrons. The Morgan fingerprint density at radius 3 is 1.68 bits per heavy atom. The zero-order valence-corrected chi connectivity index (χ0v) is 34.5. The summed E-state index contributed by atoms with van der Waals surface area (Å²) in [6, 6.07) is 23.5. The highest BCUT2D eigenvalue weighted by Gasteiger charge is 2.31. The minimum atomic E-state index is -1.46. The van der Waals surface area contributed by atoms with Gasteiger partial charge in [-0.2, -0.15) is 0 Å². The van der Waals surface area contributed by atoms with Gasteiger partial charge in [0.25, 0.3) is 0 Å². The summed E-state index contributed by atoms with van der Waals surface area (Å²) < 4.78 is 11.9. The van der Waals surface area contributed by atoms with Crippen molar-refractivity contribution in [2.24, 2.45) is 0 Å². The van der Waals surface area contributed by atoms with Gasteiger partial charge in [0.1, 0.15) is 22.8 Å². The molecule has 6 rings (SSSR count). The Labute approximate surface area is 338 Å². The van der Waals surface area contributed by atoms with Crippen molar-refractivity contribution in [2.45, 2.75) is 77.7 Å². The van der Waals surface area contributed by atoms with Crippen LogP contribution in [0.2, 0.25) is 0 Å². The first kappa shape index (κ1) is 43.7. The number of amides is 2. The standard InChI is InChI=1S/C20H26N4O2.C15H21BrN2O2.C5H7BN2O2/c1-20(2,3)26-19(25)24-10-9-17(13-24)23-16-6-4-5-14(11-16)15-7-8-18(21)22-12-15;1-15(2,3)20-14(19)18-8-7-13(10-18)17-12-6-4-5-11(16)9-12;7-5-2-1-4(3-8-5)6(9)10/h4-8,11-12,17,23H,9-10,13H2,1-3H3,(H2,21,22);4-6,9,13,17H,7-8,10H2,1-3H3;1-3,9-10H,(H2,7,8). The first-order valence-corrected chi connectivity index (χ1v) is 19.3. The van der Waals surface area contributed by atoms with E-state index in [-0.39, 0.29) is 24.3 Å². The van der Waals surface area contributed by atoms with E-state index in [1.165, 1.54) is 18.3 Å². The van der Waals surface area contributed by atoms with Crippen molar-refractivity contribution in [1.29, 1.82) is 0 Å². The van der Waals surface area contributed by atoms with E-state index in [4.69, 9.17) is 31.0 Å². The van der Waals surface area contributed by atoms with Crippen LogP contribution < -0.4 is 27.6 Å². The smallest absolute Gasteiger partial charge is 0.444 e. The Balaban J connectivity index is 0.000000205. The van der Waals surface area contributed by atoms with Crippen LogP contribution in [0.4, 0.5) is 32.6 Å². The van der Waals surface area contributed by atoms with Crippen LogP contribution in [0.3, 0.4) is 0 Å². The number of likely N-dealkylation sites (tertiary alicyclic amines) is 2. The number of hydrogen-bond donors (Lipinski definition) is 6. The lowest BCUT2D eigenvalue weighted by molar-refractivity contribution is 0.0283. The monoisotopic (exact) mass is 832 g/mol. The summed E-state index contributed by atoms with van der Waals surface area (Å²) in [4.78, 5) is 35.5. The molecule has 2 aliphatic heterocycles. The first-order valence-electron chi connectivity index (χ1n) is 18.5. The van der Waals surface area contributed by atoms with Gasteiger partial charge < -0.3 is 51.4 Å². The van der Waals surface area contributed by atoms with Crippen molar-refractivity contribution in [1.82, 2.24) is 19.8 Å². The quantitative estimate of drug-likeness (QED) is 0.125. The molecular formula is C40H54BBrN8O6. The zero-order valence-electron chi connectivity index (χ0n) is 32.9. The zero-order chi connectivity index (χ0) is 41.0. The highest BCUT2D eigenvalue weighted by Crippen LogP contribution is 2.25. The molecule has 0 aliphatic carbocycles. The summed E-state index contributed by atoms with van der Waals surface area (Å²) in [5, 5.41) is 24.1. The minimum Gasteiger partial charge on any atom is -0.444 e. The number of carbonyl (C=O) groups excluding carboxylic acids is 2. The molecule has 2 atom stereocenters. The van der Waals surface area contributed by atoms with Crippen molar-refractivity contribution in [2.75, 3.05) is 48.3 Å². The fourth-order valence-electron chi connectivity index (χ4n) is 5.72. The van der Waals surface area contributed by atoms with E-state index >= 15 is 0 Å². The average Bonchev–Trinajstić information content (AvgIpc) is 3.78. The summed E-state index contributed by atoms with van der Waals surface area (Å²) in [6.07, 6.45) is 4.45. The molecule has 4 aromatic rings. The summed E-state index contributed by atoms with van der Waals surface area (Å²) >= 11 is 3.46. The third-order valence-corrected chi connectivity index (χ3v) is 8.83. The van der Waals surface area contributed by atoms with E-state index in [1.54, 1.807) is 22.1 Å². The van der Waals surface area contributed by atoms with Crippen LogP contribution in [0.25, 0.3) is 11.1 Å². The average molecular weight is 834 g/mol. The van der Waals surface area contributed by atoms with Crippen molar-refractivity contribution in [3.05, 3.63) is 89.7 Å². The van der Waals surface area contributed by atoms with Gasteiger partial charge in [0.15, 0.2) is 0 Å². The predicted octanol–water partition coefficient (Wildman–Crippen LogP) is 5.97. The van der Waals surface area contributed by atoms with Gasteiger partial charge in [0, 0.05) is 77.5 Å². The van der Waals surface area contributed by atoms with Crippen LogP contribution in [0.1, 0.15) is 54.4 Å². The number of anilines is 4. The van der Waals surface area contributed by atoms with Crippen LogP contribution in [-0.4, -0.2) is 98.6 Å².